The second-order valence-electron chi connectivity index (χ2n) is 4.55. The maximum absolute atomic E-state index is 9.38. The summed E-state index contributed by atoms with van der Waals surface area (Å²) in [6.07, 6.45) is 0. The van der Waals surface area contributed by atoms with E-state index in [1.54, 1.807) is 12.1 Å². The molecule has 1 atom stereocenters. The average molecular weight is 258 g/mol. The van der Waals surface area contributed by atoms with Gasteiger partial charge in [-0.1, -0.05) is 36.7 Å². The summed E-state index contributed by atoms with van der Waals surface area (Å²) in [5.74, 6) is 0.253. The Bertz CT molecular complexity index is 331. The smallest absolute Gasteiger partial charge is 0.115 e. The Morgan fingerprint density at radius 1 is 1.36 bits per heavy atom. The van der Waals surface area contributed by atoms with Crippen molar-refractivity contribution in [3.05, 3.63) is 28.2 Å². The van der Waals surface area contributed by atoms with E-state index in [0.29, 0.717) is 0 Å². The van der Waals surface area contributed by atoms with Crippen molar-refractivity contribution in [3.63, 3.8) is 0 Å². The van der Waals surface area contributed by atoms with Crippen LogP contribution in [0.3, 0.4) is 0 Å². The summed E-state index contributed by atoms with van der Waals surface area (Å²) in [6, 6.07) is 5.07. The number of rotatable bonds is 1. The van der Waals surface area contributed by atoms with Gasteiger partial charge in [0.05, 0.1) is 0 Å². The molecule has 0 saturated carbocycles. The summed E-state index contributed by atoms with van der Waals surface area (Å²) in [6.45, 7) is 6.23. The monoisotopic (exact) mass is 257 g/mol. The van der Waals surface area contributed by atoms with Crippen LogP contribution in [-0.4, -0.2) is 5.11 Å². The number of hydrogen-bond acceptors (Lipinski definition) is 2. The number of nitrogens with two attached hydrogens (primary N) is 1. The number of phenolic OH excluding ortho intramolecular Hbond substituents is 1. The van der Waals surface area contributed by atoms with Crippen LogP contribution >= 0.6 is 15.9 Å². The average Bonchev–Trinajstić information content (AvgIpc) is 2.06. The Hall–Kier alpha value is -0.540. The fourth-order valence-corrected chi connectivity index (χ4v) is 1.73. The molecule has 0 fully saturated rings. The topological polar surface area (TPSA) is 46.2 Å². The molecule has 0 aliphatic heterocycles. The number of aromatic hydroxyl groups is 1. The van der Waals surface area contributed by atoms with E-state index in [4.69, 9.17) is 5.73 Å². The Morgan fingerprint density at radius 3 is 2.43 bits per heavy atom. The molecule has 3 heteroatoms. The summed E-state index contributed by atoms with van der Waals surface area (Å²) >= 11 is 3.43. The van der Waals surface area contributed by atoms with Crippen molar-refractivity contribution < 1.29 is 5.11 Å². The van der Waals surface area contributed by atoms with Crippen molar-refractivity contribution in [3.8, 4) is 5.75 Å². The normalized spacial score (nSPS) is 14.1. The number of phenols is 1. The lowest BCUT2D eigenvalue weighted by Gasteiger charge is -2.28. The quantitative estimate of drug-likeness (QED) is 0.812. The lowest BCUT2D eigenvalue weighted by molar-refractivity contribution is 0.325. The van der Waals surface area contributed by atoms with Gasteiger partial charge in [-0.3, -0.25) is 0 Å². The minimum atomic E-state index is -0.0935. The van der Waals surface area contributed by atoms with Crippen molar-refractivity contribution in [2.75, 3.05) is 0 Å². The van der Waals surface area contributed by atoms with E-state index in [1.807, 2.05) is 6.07 Å². The summed E-state index contributed by atoms with van der Waals surface area (Å²) in [5.41, 5.74) is 7.03. The first kappa shape index (κ1) is 11.5. The molecule has 3 N–H and O–H groups in total. The molecular weight excluding hydrogens is 242 g/mol. The van der Waals surface area contributed by atoms with Crippen LogP contribution in [0.4, 0.5) is 0 Å². The summed E-state index contributed by atoms with van der Waals surface area (Å²) in [5, 5.41) is 9.38. The molecule has 1 aromatic rings. The van der Waals surface area contributed by atoms with Crippen LogP contribution in [0.1, 0.15) is 32.4 Å². The highest BCUT2D eigenvalue weighted by Gasteiger charge is 2.24. The third-order valence-electron chi connectivity index (χ3n) is 2.25. The van der Waals surface area contributed by atoms with Crippen LogP contribution in [0.5, 0.6) is 5.75 Å². The van der Waals surface area contributed by atoms with Gasteiger partial charge >= 0.3 is 0 Å². The molecule has 2 nitrogen and oxygen atoms in total. The van der Waals surface area contributed by atoms with E-state index in [1.165, 1.54) is 0 Å². The Kier molecular flexibility index (Phi) is 3.22. The zero-order chi connectivity index (χ0) is 10.9. The Balaban J connectivity index is 3.12. The van der Waals surface area contributed by atoms with E-state index in [2.05, 4.69) is 36.7 Å². The molecule has 0 aromatic heterocycles. The minimum absolute atomic E-state index is 0.0175. The number of halogens is 1. The zero-order valence-electron chi connectivity index (χ0n) is 8.71. The molecule has 0 heterocycles. The zero-order valence-corrected chi connectivity index (χ0v) is 10.3. The van der Waals surface area contributed by atoms with E-state index >= 15 is 0 Å². The highest BCUT2D eigenvalue weighted by atomic mass is 79.9. The summed E-state index contributed by atoms with van der Waals surface area (Å²) in [7, 11) is 0. The van der Waals surface area contributed by atoms with Gasteiger partial charge in [-0.05, 0) is 29.2 Å². The summed E-state index contributed by atoms with van der Waals surface area (Å²) in [4.78, 5) is 0. The molecule has 1 rings (SSSR count). The van der Waals surface area contributed by atoms with Gasteiger partial charge < -0.3 is 10.8 Å². The molecule has 0 aliphatic rings. The molecule has 78 valence electrons. The van der Waals surface area contributed by atoms with E-state index in [-0.39, 0.29) is 17.2 Å². The van der Waals surface area contributed by atoms with Gasteiger partial charge in [-0.25, -0.2) is 0 Å². The van der Waals surface area contributed by atoms with Crippen LogP contribution in [0, 0.1) is 5.41 Å². The first-order valence-corrected chi connectivity index (χ1v) is 5.35. The molecule has 0 bridgehead atoms. The van der Waals surface area contributed by atoms with Gasteiger partial charge in [0, 0.05) is 10.5 Å². The maximum atomic E-state index is 9.38. The second-order valence-corrected chi connectivity index (χ2v) is 5.40. The summed E-state index contributed by atoms with van der Waals surface area (Å²) < 4.78 is 0.942. The largest absolute Gasteiger partial charge is 0.508 e. The van der Waals surface area contributed by atoms with Gasteiger partial charge in [-0.15, -0.1) is 0 Å². The molecule has 0 amide bonds. The second kappa shape index (κ2) is 3.91. The molecule has 0 unspecified atom stereocenters. The van der Waals surface area contributed by atoms with Crippen LogP contribution in [0.25, 0.3) is 0 Å². The lowest BCUT2D eigenvalue weighted by Crippen LogP contribution is -2.26. The lowest BCUT2D eigenvalue weighted by atomic mass is 9.83. The molecule has 0 saturated heterocycles. The fourth-order valence-electron chi connectivity index (χ4n) is 1.24. The molecule has 14 heavy (non-hydrogen) atoms. The van der Waals surface area contributed by atoms with E-state index < -0.39 is 0 Å². The van der Waals surface area contributed by atoms with Crippen molar-refractivity contribution in [2.45, 2.75) is 26.8 Å². The minimum Gasteiger partial charge on any atom is -0.508 e. The molecule has 0 aliphatic carbocycles. The van der Waals surface area contributed by atoms with Gasteiger partial charge in [0.15, 0.2) is 0 Å². The predicted octanol–water partition coefficient (Wildman–Crippen LogP) is 3.20. The highest BCUT2D eigenvalue weighted by Crippen LogP contribution is 2.35. The van der Waals surface area contributed by atoms with Gasteiger partial charge in [0.2, 0.25) is 0 Å². The van der Waals surface area contributed by atoms with Crippen molar-refractivity contribution in [1.82, 2.24) is 0 Å². The number of hydrogen-bond donors (Lipinski definition) is 2. The Morgan fingerprint density at radius 2 is 1.93 bits per heavy atom. The maximum Gasteiger partial charge on any atom is 0.115 e. The molecule has 0 radical (unpaired) electrons. The standard InChI is InChI=1S/C11H16BrNO/c1-11(2,3)10(13)8-6-7(14)4-5-9(8)12/h4-6,10,14H,13H2,1-3H3/t10-/m0/s1. The van der Waals surface area contributed by atoms with E-state index in [0.717, 1.165) is 10.0 Å². The molecular formula is C11H16BrNO. The SMILES string of the molecule is CC(C)(C)[C@@H](N)c1cc(O)ccc1Br. The van der Waals surface area contributed by atoms with Crippen LogP contribution in [0.15, 0.2) is 22.7 Å². The van der Waals surface area contributed by atoms with Gasteiger partial charge in [0.25, 0.3) is 0 Å². The van der Waals surface area contributed by atoms with Crippen LogP contribution in [-0.2, 0) is 0 Å². The van der Waals surface area contributed by atoms with Crippen LogP contribution in [0.2, 0.25) is 0 Å². The first-order valence-electron chi connectivity index (χ1n) is 4.56. The van der Waals surface area contributed by atoms with Crippen molar-refractivity contribution in [1.29, 1.82) is 0 Å². The van der Waals surface area contributed by atoms with Gasteiger partial charge in [0.1, 0.15) is 5.75 Å². The van der Waals surface area contributed by atoms with Crippen LogP contribution < -0.4 is 5.73 Å². The third kappa shape index (κ3) is 2.49. The van der Waals surface area contributed by atoms with E-state index in [9.17, 15) is 5.11 Å². The molecule has 1 aromatic carbocycles. The third-order valence-corrected chi connectivity index (χ3v) is 2.97. The first-order chi connectivity index (χ1) is 6.32. The highest BCUT2D eigenvalue weighted by molar-refractivity contribution is 9.10. The number of benzene rings is 1. The van der Waals surface area contributed by atoms with Crippen molar-refractivity contribution in [2.24, 2.45) is 11.1 Å². The molecule has 0 spiro atoms. The van der Waals surface area contributed by atoms with Gasteiger partial charge in [-0.2, -0.15) is 0 Å². The fraction of sp³-hybridized carbons (Fsp3) is 0.455. The predicted molar refractivity (Wildman–Crippen MR) is 62.2 cm³/mol. The Labute approximate surface area is 93.3 Å². The van der Waals surface area contributed by atoms with Crippen molar-refractivity contribution >= 4 is 15.9 Å².